The fourth-order valence-corrected chi connectivity index (χ4v) is 2.26. The lowest BCUT2D eigenvalue weighted by atomic mass is 9.96. The second kappa shape index (κ2) is 8.73. The molecule has 112 valence electrons. The quantitative estimate of drug-likeness (QED) is 0.373. The van der Waals surface area contributed by atoms with Gasteiger partial charge >= 0.3 is 0 Å². The van der Waals surface area contributed by atoms with Crippen molar-refractivity contribution in [1.29, 1.82) is 0 Å². The largest absolute Gasteiger partial charge is 0.190 e. The van der Waals surface area contributed by atoms with Gasteiger partial charge in [0.15, 0.2) is 0 Å². The highest BCUT2D eigenvalue weighted by Crippen LogP contribution is 2.26. The standard InChI is InChI=1S/C20H22N2/c1-3-4-15-21-22-16-20(19-13-9-6-10-14-19)17(2)18-11-7-5-8-12-18/h3-14H,15-16H2,1-2H3. The topological polar surface area (TPSA) is 24.7 Å². The molecule has 0 aliphatic rings. The molecule has 0 radical (unpaired) electrons. The molecule has 0 saturated heterocycles. The van der Waals surface area contributed by atoms with Crippen molar-refractivity contribution in [3.8, 4) is 0 Å². The summed E-state index contributed by atoms with van der Waals surface area (Å²) < 4.78 is 0. The summed E-state index contributed by atoms with van der Waals surface area (Å²) in [6, 6.07) is 20.8. The van der Waals surface area contributed by atoms with Crippen LogP contribution < -0.4 is 0 Å². The zero-order valence-electron chi connectivity index (χ0n) is 13.2. The summed E-state index contributed by atoms with van der Waals surface area (Å²) in [6.07, 6.45) is 3.99. The molecule has 22 heavy (non-hydrogen) atoms. The lowest BCUT2D eigenvalue weighted by Crippen LogP contribution is -1.94. The molecule has 0 unspecified atom stereocenters. The second-order valence-electron chi connectivity index (χ2n) is 5.03. The van der Waals surface area contributed by atoms with E-state index in [1.807, 2.05) is 31.2 Å². The van der Waals surface area contributed by atoms with Crippen LogP contribution in [0.3, 0.4) is 0 Å². The SMILES string of the molecule is CC=CCN=NCC(=C(C)c1ccccc1)c1ccccc1. The number of rotatable bonds is 6. The smallest absolute Gasteiger partial charge is 0.0857 e. The van der Waals surface area contributed by atoms with Crippen molar-refractivity contribution in [2.45, 2.75) is 13.8 Å². The van der Waals surface area contributed by atoms with E-state index in [0.717, 1.165) is 0 Å². The highest BCUT2D eigenvalue weighted by Gasteiger charge is 2.07. The molecule has 2 aromatic carbocycles. The molecule has 0 N–H and O–H groups in total. The number of benzene rings is 2. The Morgan fingerprint density at radius 1 is 0.864 bits per heavy atom. The fraction of sp³-hybridized carbons (Fsp3) is 0.200. The lowest BCUT2D eigenvalue weighted by molar-refractivity contribution is 0.983. The van der Waals surface area contributed by atoms with Crippen LogP contribution in [0.15, 0.2) is 83.0 Å². The molecule has 0 amide bonds. The van der Waals surface area contributed by atoms with E-state index < -0.39 is 0 Å². The van der Waals surface area contributed by atoms with Crippen LogP contribution in [0.4, 0.5) is 0 Å². The minimum Gasteiger partial charge on any atom is -0.190 e. The summed E-state index contributed by atoms with van der Waals surface area (Å²) in [6.45, 7) is 5.38. The minimum atomic E-state index is 0.599. The van der Waals surface area contributed by atoms with Crippen LogP contribution in [-0.2, 0) is 0 Å². The van der Waals surface area contributed by atoms with Crippen molar-refractivity contribution in [2.24, 2.45) is 10.2 Å². The van der Waals surface area contributed by atoms with Crippen molar-refractivity contribution in [3.63, 3.8) is 0 Å². The molecule has 0 spiro atoms. The van der Waals surface area contributed by atoms with Crippen molar-refractivity contribution in [2.75, 3.05) is 13.1 Å². The number of hydrogen-bond acceptors (Lipinski definition) is 2. The molecule has 2 rings (SSSR count). The average molecular weight is 290 g/mol. The number of azo groups is 1. The highest BCUT2D eigenvalue weighted by molar-refractivity contribution is 5.90. The van der Waals surface area contributed by atoms with Gasteiger partial charge in [-0.05, 0) is 36.1 Å². The van der Waals surface area contributed by atoms with Gasteiger partial charge in [0.2, 0.25) is 0 Å². The van der Waals surface area contributed by atoms with Crippen molar-refractivity contribution >= 4 is 11.1 Å². The zero-order valence-corrected chi connectivity index (χ0v) is 13.2. The Morgan fingerprint density at radius 3 is 2.05 bits per heavy atom. The molecule has 0 saturated carbocycles. The van der Waals surface area contributed by atoms with E-state index in [1.165, 1.54) is 22.3 Å². The Labute approximate surface area is 132 Å². The van der Waals surface area contributed by atoms with Gasteiger partial charge in [0.1, 0.15) is 0 Å². The van der Waals surface area contributed by atoms with Crippen LogP contribution in [-0.4, -0.2) is 13.1 Å². The third kappa shape index (κ3) is 4.52. The van der Waals surface area contributed by atoms with E-state index in [-0.39, 0.29) is 0 Å². The molecule has 2 heteroatoms. The van der Waals surface area contributed by atoms with Gasteiger partial charge < -0.3 is 0 Å². The molecule has 0 atom stereocenters. The summed E-state index contributed by atoms with van der Waals surface area (Å²) in [7, 11) is 0. The maximum absolute atomic E-state index is 4.35. The lowest BCUT2D eigenvalue weighted by Gasteiger charge is -2.11. The van der Waals surface area contributed by atoms with Gasteiger partial charge in [-0.15, -0.1) is 0 Å². The van der Waals surface area contributed by atoms with E-state index in [0.29, 0.717) is 13.1 Å². The van der Waals surface area contributed by atoms with Gasteiger partial charge in [-0.25, -0.2) is 0 Å². The maximum Gasteiger partial charge on any atom is 0.0857 e. The predicted molar refractivity (Wildman–Crippen MR) is 94.8 cm³/mol. The molecule has 0 bridgehead atoms. The Balaban J connectivity index is 2.31. The fourth-order valence-electron chi connectivity index (χ4n) is 2.26. The first-order chi connectivity index (χ1) is 10.8. The van der Waals surface area contributed by atoms with Gasteiger partial charge in [-0.1, -0.05) is 72.8 Å². The molecular formula is C20H22N2. The number of allylic oxidation sites excluding steroid dienone is 2. The first-order valence-electron chi connectivity index (χ1n) is 7.58. The molecule has 0 aromatic heterocycles. The molecule has 0 heterocycles. The van der Waals surface area contributed by atoms with Gasteiger partial charge in [-0.3, -0.25) is 0 Å². The van der Waals surface area contributed by atoms with Crippen LogP contribution >= 0.6 is 0 Å². The number of hydrogen-bond donors (Lipinski definition) is 0. The monoisotopic (exact) mass is 290 g/mol. The van der Waals surface area contributed by atoms with E-state index in [1.54, 1.807) is 0 Å². The normalized spacial score (nSPS) is 12.8. The van der Waals surface area contributed by atoms with Gasteiger partial charge in [0.25, 0.3) is 0 Å². The van der Waals surface area contributed by atoms with E-state index in [4.69, 9.17) is 0 Å². The molecular weight excluding hydrogens is 268 g/mol. The molecule has 0 aliphatic carbocycles. The zero-order chi connectivity index (χ0) is 15.6. The summed E-state index contributed by atoms with van der Waals surface area (Å²) in [5.74, 6) is 0. The van der Waals surface area contributed by atoms with Crippen LogP contribution in [0.2, 0.25) is 0 Å². The van der Waals surface area contributed by atoms with Crippen LogP contribution in [0.1, 0.15) is 25.0 Å². The van der Waals surface area contributed by atoms with Crippen LogP contribution in [0.25, 0.3) is 11.1 Å². The van der Waals surface area contributed by atoms with Gasteiger partial charge in [0.05, 0.1) is 13.1 Å². The average Bonchev–Trinajstić information content (AvgIpc) is 2.59. The third-order valence-corrected chi connectivity index (χ3v) is 3.53. The first kappa shape index (κ1) is 15.9. The van der Waals surface area contributed by atoms with Crippen LogP contribution in [0, 0.1) is 0 Å². The van der Waals surface area contributed by atoms with Crippen LogP contribution in [0.5, 0.6) is 0 Å². The van der Waals surface area contributed by atoms with E-state index in [9.17, 15) is 0 Å². The second-order valence-corrected chi connectivity index (χ2v) is 5.03. The Hall–Kier alpha value is -2.48. The summed E-state index contributed by atoms with van der Waals surface area (Å²) in [5, 5.41) is 8.55. The Kier molecular flexibility index (Phi) is 6.31. The highest BCUT2D eigenvalue weighted by atomic mass is 15.1. The third-order valence-electron chi connectivity index (χ3n) is 3.53. The molecule has 0 aliphatic heterocycles. The Bertz CT molecular complexity index is 653. The predicted octanol–water partition coefficient (Wildman–Crippen LogP) is 5.65. The summed E-state index contributed by atoms with van der Waals surface area (Å²) >= 11 is 0. The minimum absolute atomic E-state index is 0.599. The molecule has 2 aromatic rings. The van der Waals surface area contributed by atoms with Crippen molar-refractivity contribution in [1.82, 2.24) is 0 Å². The van der Waals surface area contributed by atoms with Gasteiger partial charge in [0, 0.05) is 0 Å². The van der Waals surface area contributed by atoms with E-state index in [2.05, 4.69) is 65.7 Å². The molecule has 0 fully saturated rings. The van der Waals surface area contributed by atoms with Crippen molar-refractivity contribution < 1.29 is 0 Å². The summed E-state index contributed by atoms with van der Waals surface area (Å²) in [4.78, 5) is 0. The van der Waals surface area contributed by atoms with Crippen molar-refractivity contribution in [3.05, 3.63) is 83.9 Å². The maximum atomic E-state index is 4.35. The first-order valence-corrected chi connectivity index (χ1v) is 7.58. The van der Waals surface area contributed by atoms with Gasteiger partial charge in [-0.2, -0.15) is 10.2 Å². The van der Waals surface area contributed by atoms with E-state index >= 15 is 0 Å². The molecule has 2 nitrogen and oxygen atoms in total. The Morgan fingerprint density at radius 2 is 1.45 bits per heavy atom. The summed E-state index contributed by atoms with van der Waals surface area (Å²) in [5.41, 5.74) is 4.90. The number of nitrogens with zero attached hydrogens (tertiary/aromatic N) is 2.